The molecule has 8 heteroatoms. The lowest BCUT2D eigenvalue weighted by Crippen LogP contribution is -2.42. The molecule has 0 spiro atoms. The Bertz CT molecular complexity index is 713. The minimum Gasteiger partial charge on any atom is -0.385 e. The lowest BCUT2D eigenvalue weighted by molar-refractivity contribution is -0.704. The molecule has 110 valence electrons. The van der Waals surface area contributed by atoms with Crippen molar-refractivity contribution in [2.24, 2.45) is 5.73 Å². The van der Waals surface area contributed by atoms with Gasteiger partial charge >= 0.3 is 5.69 Å². The van der Waals surface area contributed by atoms with Gasteiger partial charge in [0.1, 0.15) is 17.5 Å². The van der Waals surface area contributed by atoms with Crippen LogP contribution in [0.25, 0.3) is 0 Å². The van der Waals surface area contributed by atoms with Crippen LogP contribution in [0, 0.1) is 0 Å². The number of carbonyl (C=O) groups excluding carboxylic acids is 1. The first kappa shape index (κ1) is 14.7. The number of aromatic nitrogens is 3. The summed E-state index contributed by atoms with van der Waals surface area (Å²) in [4.78, 5) is 26.2. The molecular weight excluding hydrogens is 274 g/mol. The highest BCUT2D eigenvalue weighted by Gasteiger charge is 2.14. The number of hydrogen-bond donors (Lipinski definition) is 3. The largest absolute Gasteiger partial charge is 0.385 e. The first-order valence-corrected chi connectivity index (χ1v) is 6.25. The van der Waals surface area contributed by atoms with Gasteiger partial charge in [-0.25, -0.2) is 9.36 Å². The summed E-state index contributed by atoms with van der Waals surface area (Å²) < 4.78 is 2.89. The van der Waals surface area contributed by atoms with Crippen molar-refractivity contribution in [1.29, 1.82) is 0 Å². The highest BCUT2D eigenvalue weighted by molar-refractivity contribution is 5.92. The summed E-state index contributed by atoms with van der Waals surface area (Å²) in [6.07, 6.45) is 3.87. The smallest absolute Gasteiger partial charge is 0.349 e. The zero-order chi connectivity index (χ0) is 15.4. The summed E-state index contributed by atoms with van der Waals surface area (Å²) in [5.41, 5.74) is 10.4. The molecule has 0 fully saturated rings. The van der Waals surface area contributed by atoms with Gasteiger partial charge in [-0.1, -0.05) is 0 Å². The Balaban J connectivity index is 2.08. The zero-order valence-electron chi connectivity index (χ0n) is 11.2. The van der Waals surface area contributed by atoms with E-state index in [1.54, 1.807) is 22.9 Å². The fraction of sp³-hybridized carbons (Fsp3) is 0.231. The average molecular weight is 290 g/mol. The Kier molecular flexibility index (Phi) is 4.29. The predicted octanol–water partition coefficient (Wildman–Crippen LogP) is -1.73. The second-order valence-electron chi connectivity index (χ2n) is 4.59. The van der Waals surface area contributed by atoms with Gasteiger partial charge in [-0.05, 0) is 12.1 Å². The molecule has 0 aliphatic heterocycles. The predicted molar refractivity (Wildman–Crippen MR) is 74.1 cm³/mol. The monoisotopic (exact) mass is 290 g/mol. The Morgan fingerprint density at radius 2 is 2.24 bits per heavy atom. The molecule has 0 aromatic carbocycles. The van der Waals surface area contributed by atoms with Crippen LogP contribution in [0.15, 0.2) is 41.6 Å². The standard InChI is InChI=1S/C13H15N5O3/c14-11-3-5-18(13(21)16-11)8-10(19)7-17-4-1-2-9(6-17)12(15)20/h1-6,10,19H,7-8H2,(H3-,14,15,16,20,21)/p+1. The maximum atomic E-state index is 11.6. The topological polar surface area (TPSA) is 128 Å². The summed E-state index contributed by atoms with van der Waals surface area (Å²) in [7, 11) is 0. The van der Waals surface area contributed by atoms with Crippen molar-refractivity contribution >= 4 is 11.7 Å². The maximum absolute atomic E-state index is 11.6. The van der Waals surface area contributed by atoms with E-state index in [0.717, 1.165) is 0 Å². The number of aliphatic hydroxyl groups excluding tert-OH is 1. The number of amides is 1. The molecule has 2 aromatic rings. The van der Waals surface area contributed by atoms with Gasteiger partial charge in [-0.15, -0.1) is 0 Å². The van der Waals surface area contributed by atoms with Gasteiger partial charge < -0.3 is 16.6 Å². The number of rotatable bonds is 5. The summed E-state index contributed by atoms with van der Waals surface area (Å²) in [6.45, 7) is 0.276. The lowest BCUT2D eigenvalue weighted by Gasteiger charge is -2.09. The molecule has 1 unspecified atom stereocenters. The minimum absolute atomic E-state index is 0.0694. The Labute approximate surface area is 120 Å². The van der Waals surface area contributed by atoms with Crippen molar-refractivity contribution in [3.63, 3.8) is 0 Å². The first-order chi connectivity index (χ1) is 9.95. The molecule has 0 aliphatic carbocycles. The summed E-state index contributed by atoms with van der Waals surface area (Å²) >= 11 is 0. The van der Waals surface area contributed by atoms with Gasteiger partial charge in [0.25, 0.3) is 5.91 Å². The third-order valence-corrected chi connectivity index (χ3v) is 2.87. The third-order valence-electron chi connectivity index (χ3n) is 2.87. The van der Waals surface area contributed by atoms with Crippen LogP contribution in [-0.2, 0) is 13.1 Å². The average Bonchev–Trinajstić information content (AvgIpc) is 2.42. The number of primary amides is 1. The molecule has 1 amide bonds. The number of nitrogen functional groups attached to an aromatic ring is 1. The summed E-state index contributed by atoms with van der Waals surface area (Å²) in [6, 6.07) is 4.72. The molecule has 2 heterocycles. The number of carbonyl (C=O) groups is 1. The molecule has 21 heavy (non-hydrogen) atoms. The number of pyridine rings is 1. The van der Waals surface area contributed by atoms with E-state index in [2.05, 4.69) is 4.98 Å². The van der Waals surface area contributed by atoms with E-state index in [1.807, 2.05) is 0 Å². The maximum Gasteiger partial charge on any atom is 0.349 e. The Hall–Kier alpha value is -2.74. The second-order valence-corrected chi connectivity index (χ2v) is 4.59. The molecule has 0 saturated heterocycles. The minimum atomic E-state index is -0.832. The molecule has 0 aliphatic rings. The lowest BCUT2D eigenvalue weighted by atomic mass is 10.2. The van der Waals surface area contributed by atoms with Crippen molar-refractivity contribution < 1.29 is 14.5 Å². The molecule has 5 N–H and O–H groups in total. The fourth-order valence-electron chi connectivity index (χ4n) is 1.89. The van der Waals surface area contributed by atoms with Crippen LogP contribution in [-0.4, -0.2) is 26.7 Å². The Morgan fingerprint density at radius 1 is 1.48 bits per heavy atom. The number of nitrogens with zero attached hydrogens (tertiary/aromatic N) is 3. The SMILES string of the molecule is NC(=O)c1ccc[n+](CC(O)Cn2ccc(N)nc2=O)c1. The normalized spacial score (nSPS) is 12.0. The number of hydrogen-bond acceptors (Lipinski definition) is 5. The second kappa shape index (κ2) is 6.14. The van der Waals surface area contributed by atoms with Gasteiger partial charge in [-0.3, -0.25) is 9.36 Å². The summed E-state index contributed by atoms with van der Waals surface area (Å²) in [5.74, 6) is -0.410. The van der Waals surface area contributed by atoms with Crippen molar-refractivity contribution in [3.05, 3.63) is 52.8 Å². The van der Waals surface area contributed by atoms with E-state index in [1.165, 1.54) is 23.0 Å². The van der Waals surface area contributed by atoms with Crippen LogP contribution in [0.3, 0.4) is 0 Å². The van der Waals surface area contributed by atoms with Gasteiger partial charge in [-0.2, -0.15) is 4.98 Å². The quantitative estimate of drug-likeness (QED) is 0.564. The number of nitrogens with two attached hydrogens (primary N) is 2. The van der Waals surface area contributed by atoms with Crippen LogP contribution >= 0.6 is 0 Å². The van der Waals surface area contributed by atoms with Gasteiger partial charge in [0.2, 0.25) is 0 Å². The van der Waals surface area contributed by atoms with Gasteiger partial charge in [0, 0.05) is 12.3 Å². The van der Waals surface area contributed by atoms with E-state index >= 15 is 0 Å². The van der Waals surface area contributed by atoms with E-state index in [0.29, 0.717) is 5.56 Å². The summed E-state index contributed by atoms with van der Waals surface area (Å²) in [5, 5.41) is 10.0. The van der Waals surface area contributed by atoms with Crippen LogP contribution in [0.5, 0.6) is 0 Å². The van der Waals surface area contributed by atoms with Crippen molar-refractivity contribution in [2.75, 3.05) is 5.73 Å². The molecule has 1 atom stereocenters. The highest BCUT2D eigenvalue weighted by atomic mass is 16.3. The first-order valence-electron chi connectivity index (χ1n) is 6.25. The third kappa shape index (κ3) is 3.86. The molecular formula is C13H16N5O3+. The van der Waals surface area contributed by atoms with Crippen LogP contribution in [0.4, 0.5) is 5.82 Å². The molecule has 2 aromatic heterocycles. The van der Waals surface area contributed by atoms with E-state index in [-0.39, 0.29) is 18.9 Å². The fourth-order valence-corrected chi connectivity index (χ4v) is 1.89. The van der Waals surface area contributed by atoms with Gasteiger partial charge in [0.05, 0.1) is 6.54 Å². The highest BCUT2D eigenvalue weighted by Crippen LogP contribution is 1.96. The van der Waals surface area contributed by atoms with Crippen LogP contribution in [0.1, 0.15) is 10.4 Å². The van der Waals surface area contributed by atoms with Crippen LogP contribution < -0.4 is 21.7 Å². The number of anilines is 1. The molecule has 0 saturated carbocycles. The van der Waals surface area contributed by atoms with Crippen LogP contribution in [0.2, 0.25) is 0 Å². The van der Waals surface area contributed by atoms with E-state index < -0.39 is 17.7 Å². The van der Waals surface area contributed by atoms with Crippen molar-refractivity contribution in [2.45, 2.75) is 19.2 Å². The zero-order valence-corrected chi connectivity index (χ0v) is 11.2. The molecule has 2 rings (SSSR count). The van der Waals surface area contributed by atoms with Crippen molar-refractivity contribution in [3.8, 4) is 0 Å². The van der Waals surface area contributed by atoms with E-state index in [4.69, 9.17) is 11.5 Å². The number of aliphatic hydroxyl groups is 1. The van der Waals surface area contributed by atoms with Gasteiger partial charge in [0.15, 0.2) is 18.9 Å². The Morgan fingerprint density at radius 3 is 2.90 bits per heavy atom. The molecule has 0 bridgehead atoms. The van der Waals surface area contributed by atoms with Crippen molar-refractivity contribution in [1.82, 2.24) is 9.55 Å². The van der Waals surface area contributed by atoms with E-state index in [9.17, 15) is 14.7 Å². The molecule has 0 radical (unpaired) electrons. The molecule has 8 nitrogen and oxygen atoms in total.